The highest BCUT2D eigenvalue weighted by Crippen LogP contribution is 2.48. The van der Waals surface area contributed by atoms with Gasteiger partial charge in [0.05, 0.1) is 41.1 Å². The fourth-order valence-corrected chi connectivity index (χ4v) is 4.57. The van der Waals surface area contributed by atoms with Crippen LogP contribution < -0.4 is 0 Å². The topological polar surface area (TPSA) is 62.7 Å². The molecule has 4 rings (SSSR count). The minimum atomic E-state index is -1.64. The van der Waals surface area contributed by atoms with Crippen LogP contribution in [0.1, 0.15) is 40.5 Å². The van der Waals surface area contributed by atoms with Crippen molar-refractivity contribution >= 4 is 45.0 Å². The van der Waals surface area contributed by atoms with Crippen LogP contribution in [0.4, 0.5) is 4.39 Å². The third kappa shape index (κ3) is 4.53. The van der Waals surface area contributed by atoms with Crippen LogP contribution in [0.25, 0.3) is 0 Å². The molecule has 1 aliphatic heterocycles. The normalized spacial score (nSPS) is 18.5. The van der Waals surface area contributed by atoms with Crippen LogP contribution in [0.15, 0.2) is 59.2 Å². The molecule has 3 aromatic rings. The number of amides is 1. The van der Waals surface area contributed by atoms with E-state index in [0.29, 0.717) is 32.2 Å². The van der Waals surface area contributed by atoms with Crippen LogP contribution in [0.5, 0.6) is 0 Å². The Bertz CT molecular complexity index is 1180. The van der Waals surface area contributed by atoms with Crippen molar-refractivity contribution in [2.75, 3.05) is 6.61 Å². The van der Waals surface area contributed by atoms with Gasteiger partial charge in [0.1, 0.15) is 5.82 Å². The lowest BCUT2D eigenvalue weighted by molar-refractivity contribution is -0.134. The lowest BCUT2D eigenvalue weighted by atomic mass is 9.92. The number of carbonyl (C=O) groups is 1. The van der Waals surface area contributed by atoms with Crippen molar-refractivity contribution in [2.24, 2.45) is 0 Å². The van der Waals surface area contributed by atoms with Crippen molar-refractivity contribution < 1.29 is 19.0 Å². The van der Waals surface area contributed by atoms with Gasteiger partial charge >= 0.3 is 0 Å². The minimum Gasteiger partial charge on any atom is -0.391 e. The average Bonchev–Trinajstić information content (AvgIpc) is 3.03. The Hall–Kier alpha value is -2.03. The molecule has 2 heterocycles. The molecule has 0 saturated heterocycles. The monoisotopic (exact) mass is 552 g/mol. The number of benzene rings is 2. The third-order valence-corrected chi connectivity index (χ3v) is 6.48. The standard InChI is InChI=1S/C24H20BrCl2FN2O3/c1-2-19(31)13-33-24(14-3-5-16(26)6-4-14)22-20(9-15(25)10-21(22)28)23(32)30(24)12-18-8-7-17(27)11-29-18/h3-11,19,31H,2,12-13H2,1H3. The molecular weight excluding hydrogens is 534 g/mol. The minimum absolute atomic E-state index is 0.0204. The fraction of sp³-hybridized carbons (Fsp3) is 0.250. The van der Waals surface area contributed by atoms with E-state index in [9.17, 15) is 9.90 Å². The number of hydrogen-bond acceptors (Lipinski definition) is 4. The first-order valence-corrected chi connectivity index (χ1v) is 11.8. The maximum absolute atomic E-state index is 15.5. The largest absolute Gasteiger partial charge is 0.391 e. The first kappa shape index (κ1) is 24.1. The number of carbonyl (C=O) groups excluding carboxylic acids is 1. The zero-order valence-corrected chi connectivity index (χ0v) is 20.7. The lowest BCUT2D eigenvalue weighted by Crippen LogP contribution is -2.48. The Morgan fingerprint density at radius 1 is 1.18 bits per heavy atom. The molecule has 2 unspecified atom stereocenters. The molecule has 0 fully saturated rings. The number of aliphatic hydroxyl groups is 1. The number of rotatable bonds is 7. The summed E-state index contributed by atoms with van der Waals surface area (Å²) in [6, 6.07) is 12.9. The second-order valence-corrected chi connectivity index (χ2v) is 9.48. The second-order valence-electron chi connectivity index (χ2n) is 7.69. The first-order chi connectivity index (χ1) is 15.8. The summed E-state index contributed by atoms with van der Waals surface area (Å²) in [5.41, 5.74) is -0.359. The van der Waals surface area contributed by atoms with Gasteiger partial charge in [-0.25, -0.2) is 4.39 Å². The van der Waals surface area contributed by atoms with Gasteiger partial charge in [0.2, 0.25) is 0 Å². The molecular formula is C24H20BrCl2FN2O3. The Labute approximate surface area is 209 Å². The van der Waals surface area contributed by atoms with Crippen LogP contribution in [0.2, 0.25) is 10.0 Å². The average molecular weight is 554 g/mol. The van der Waals surface area contributed by atoms with E-state index < -0.39 is 23.6 Å². The Balaban J connectivity index is 1.95. The molecule has 0 radical (unpaired) electrons. The molecule has 0 aliphatic carbocycles. The number of aromatic nitrogens is 1. The van der Waals surface area contributed by atoms with E-state index in [1.54, 1.807) is 42.5 Å². The summed E-state index contributed by atoms with van der Waals surface area (Å²) in [5, 5.41) is 11.2. The van der Waals surface area contributed by atoms with Crippen molar-refractivity contribution in [3.05, 3.63) is 97.4 Å². The molecule has 1 aliphatic rings. The maximum atomic E-state index is 15.5. The Kier molecular flexibility index (Phi) is 7.07. The summed E-state index contributed by atoms with van der Waals surface area (Å²) in [7, 11) is 0. The predicted octanol–water partition coefficient (Wildman–Crippen LogP) is 5.93. The van der Waals surface area contributed by atoms with Crippen LogP contribution in [-0.4, -0.2) is 33.6 Å². The van der Waals surface area contributed by atoms with Crippen molar-refractivity contribution in [3.8, 4) is 0 Å². The van der Waals surface area contributed by atoms with E-state index in [1.165, 1.54) is 17.2 Å². The number of fused-ring (bicyclic) bond motifs is 1. The third-order valence-electron chi connectivity index (χ3n) is 5.55. The number of ether oxygens (including phenoxy) is 1. The van der Waals surface area contributed by atoms with Crippen molar-refractivity contribution in [2.45, 2.75) is 31.7 Å². The molecule has 33 heavy (non-hydrogen) atoms. The molecule has 5 nitrogen and oxygen atoms in total. The van der Waals surface area contributed by atoms with Gasteiger partial charge in [-0.1, -0.05) is 58.2 Å². The van der Waals surface area contributed by atoms with Crippen molar-refractivity contribution in [3.63, 3.8) is 0 Å². The number of nitrogens with zero attached hydrogens (tertiary/aromatic N) is 2. The van der Waals surface area contributed by atoms with Gasteiger partial charge < -0.3 is 9.84 Å². The predicted molar refractivity (Wildman–Crippen MR) is 128 cm³/mol. The van der Waals surface area contributed by atoms with E-state index in [2.05, 4.69) is 20.9 Å². The maximum Gasteiger partial charge on any atom is 0.257 e. The summed E-state index contributed by atoms with van der Waals surface area (Å²) in [6.45, 7) is 1.71. The highest BCUT2D eigenvalue weighted by Gasteiger charge is 2.54. The zero-order chi connectivity index (χ0) is 23.8. The highest BCUT2D eigenvalue weighted by atomic mass is 79.9. The zero-order valence-electron chi connectivity index (χ0n) is 17.6. The molecule has 1 aromatic heterocycles. The number of halogens is 4. The van der Waals surface area contributed by atoms with Gasteiger partial charge in [-0.05, 0) is 42.8 Å². The van der Waals surface area contributed by atoms with Gasteiger partial charge in [-0.15, -0.1) is 0 Å². The number of hydrogen-bond donors (Lipinski definition) is 1. The van der Waals surface area contributed by atoms with E-state index in [0.717, 1.165) is 0 Å². The van der Waals surface area contributed by atoms with E-state index >= 15 is 4.39 Å². The fourth-order valence-electron chi connectivity index (χ4n) is 3.90. The van der Waals surface area contributed by atoms with E-state index in [4.69, 9.17) is 27.9 Å². The lowest BCUT2D eigenvalue weighted by Gasteiger charge is -2.40. The molecule has 172 valence electrons. The van der Waals surface area contributed by atoms with Crippen LogP contribution in [0, 0.1) is 5.82 Å². The van der Waals surface area contributed by atoms with Crippen LogP contribution in [-0.2, 0) is 17.0 Å². The van der Waals surface area contributed by atoms with Gasteiger partial charge in [0, 0.05) is 21.3 Å². The van der Waals surface area contributed by atoms with Gasteiger partial charge in [0.15, 0.2) is 5.72 Å². The quantitative estimate of drug-likeness (QED) is 0.393. The van der Waals surface area contributed by atoms with Crippen molar-refractivity contribution in [1.82, 2.24) is 9.88 Å². The summed E-state index contributed by atoms with van der Waals surface area (Å²) in [5.74, 6) is -1.04. The molecule has 9 heteroatoms. The van der Waals surface area contributed by atoms with E-state index in [-0.39, 0.29) is 24.3 Å². The summed E-state index contributed by atoms with van der Waals surface area (Å²) in [4.78, 5) is 19.4. The molecule has 0 bridgehead atoms. The highest BCUT2D eigenvalue weighted by molar-refractivity contribution is 9.10. The number of aliphatic hydroxyl groups excluding tert-OH is 1. The second kappa shape index (κ2) is 9.68. The number of pyridine rings is 1. The summed E-state index contributed by atoms with van der Waals surface area (Å²) >= 11 is 15.4. The Morgan fingerprint density at radius 3 is 2.52 bits per heavy atom. The molecule has 1 N–H and O–H groups in total. The molecule has 1 amide bonds. The molecule has 0 saturated carbocycles. The molecule has 2 atom stereocenters. The smallest absolute Gasteiger partial charge is 0.257 e. The molecule has 2 aromatic carbocycles. The van der Waals surface area contributed by atoms with Gasteiger partial charge in [-0.2, -0.15) is 0 Å². The van der Waals surface area contributed by atoms with Crippen LogP contribution >= 0.6 is 39.1 Å². The Morgan fingerprint density at radius 2 is 1.88 bits per heavy atom. The van der Waals surface area contributed by atoms with Crippen LogP contribution in [0.3, 0.4) is 0 Å². The SMILES string of the molecule is CCC(O)COC1(c2ccc(Cl)cc2)c2c(F)cc(Br)cc2C(=O)N1Cc1ccc(Cl)cn1. The van der Waals surface area contributed by atoms with Gasteiger partial charge in [0.25, 0.3) is 5.91 Å². The summed E-state index contributed by atoms with van der Waals surface area (Å²) in [6.07, 6.45) is 1.11. The van der Waals surface area contributed by atoms with Gasteiger partial charge in [-0.3, -0.25) is 14.7 Å². The first-order valence-electron chi connectivity index (χ1n) is 10.3. The summed E-state index contributed by atoms with van der Waals surface area (Å²) < 4.78 is 22.3. The molecule has 0 spiro atoms. The van der Waals surface area contributed by atoms with Crippen molar-refractivity contribution in [1.29, 1.82) is 0 Å². The van der Waals surface area contributed by atoms with E-state index in [1.807, 2.05) is 6.92 Å².